The smallest absolute Gasteiger partial charge is 0.106 e. The first-order valence-electron chi connectivity index (χ1n) is 7.47. The summed E-state index contributed by atoms with van der Waals surface area (Å²) in [4.78, 5) is 0. The fourth-order valence-corrected chi connectivity index (χ4v) is 2.02. The molecule has 0 saturated heterocycles. The Morgan fingerprint density at radius 1 is 1.22 bits per heavy atom. The number of nitrogens with zero attached hydrogens (tertiary/aromatic N) is 1. The third-order valence-corrected chi connectivity index (χ3v) is 3.49. The van der Waals surface area contributed by atoms with Crippen molar-refractivity contribution in [1.82, 2.24) is 5.32 Å². The van der Waals surface area contributed by atoms with Crippen LogP contribution in [0.1, 0.15) is 65.2 Å². The average molecular weight is 252 g/mol. The van der Waals surface area contributed by atoms with Crippen molar-refractivity contribution in [2.24, 2.45) is 0 Å². The fraction of sp³-hybridized carbons (Fsp3) is 0.933. The van der Waals surface area contributed by atoms with E-state index >= 15 is 0 Å². The van der Waals surface area contributed by atoms with Crippen LogP contribution in [-0.4, -0.2) is 24.8 Å². The van der Waals surface area contributed by atoms with Gasteiger partial charge < -0.3 is 4.74 Å². The molecule has 0 aliphatic heterocycles. The normalized spacial score (nSPS) is 18.3. The molecular weight excluding hydrogens is 224 g/mol. The van der Waals surface area contributed by atoms with Gasteiger partial charge in [0, 0.05) is 25.7 Å². The number of rotatable bonds is 11. The van der Waals surface area contributed by atoms with Gasteiger partial charge in [-0.25, -0.2) is 0 Å². The molecule has 1 aliphatic carbocycles. The first-order chi connectivity index (χ1) is 8.70. The number of unbranched alkanes of at least 4 members (excludes halogenated alkanes) is 4. The van der Waals surface area contributed by atoms with Crippen molar-refractivity contribution < 1.29 is 4.74 Å². The van der Waals surface area contributed by atoms with Gasteiger partial charge in [0.1, 0.15) is 5.54 Å². The lowest BCUT2D eigenvalue weighted by Crippen LogP contribution is -2.43. The predicted octanol–water partition coefficient (Wildman–Crippen LogP) is 3.40. The summed E-state index contributed by atoms with van der Waals surface area (Å²) in [6.07, 6.45) is 9.58. The van der Waals surface area contributed by atoms with Gasteiger partial charge in [0.2, 0.25) is 0 Å². The zero-order valence-corrected chi connectivity index (χ0v) is 12.0. The lowest BCUT2D eigenvalue weighted by atomic mass is 10.0. The minimum Gasteiger partial charge on any atom is -0.381 e. The Labute approximate surface area is 112 Å². The average Bonchev–Trinajstić information content (AvgIpc) is 3.16. The second-order valence-electron chi connectivity index (χ2n) is 5.64. The van der Waals surface area contributed by atoms with E-state index in [4.69, 9.17) is 4.74 Å². The van der Waals surface area contributed by atoms with Gasteiger partial charge in [0.05, 0.1) is 6.07 Å². The van der Waals surface area contributed by atoms with E-state index in [9.17, 15) is 5.26 Å². The summed E-state index contributed by atoms with van der Waals surface area (Å²) in [5, 5.41) is 12.6. The van der Waals surface area contributed by atoms with Crippen LogP contribution in [0.15, 0.2) is 0 Å². The van der Waals surface area contributed by atoms with Crippen LogP contribution in [0.3, 0.4) is 0 Å². The van der Waals surface area contributed by atoms with E-state index in [1.807, 2.05) is 6.92 Å². The molecule has 1 N–H and O–H groups in total. The molecule has 0 heterocycles. The van der Waals surface area contributed by atoms with E-state index < -0.39 is 5.54 Å². The molecule has 0 aromatic heterocycles. The molecule has 0 radical (unpaired) electrons. The van der Waals surface area contributed by atoms with Gasteiger partial charge in [-0.2, -0.15) is 5.26 Å². The summed E-state index contributed by atoms with van der Waals surface area (Å²) in [6.45, 7) is 5.74. The molecule has 0 aromatic carbocycles. The molecule has 0 aromatic rings. The zero-order valence-electron chi connectivity index (χ0n) is 12.0. The highest BCUT2D eigenvalue weighted by Gasteiger charge is 2.32. The zero-order chi connectivity index (χ0) is 13.3. The minimum atomic E-state index is -0.399. The van der Waals surface area contributed by atoms with Gasteiger partial charge in [0.15, 0.2) is 0 Å². The van der Waals surface area contributed by atoms with Gasteiger partial charge in [-0.1, -0.05) is 32.6 Å². The summed E-state index contributed by atoms with van der Waals surface area (Å²) in [7, 11) is 0. The standard InChI is InChI=1S/C15H28N2O/c1-3-4-5-6-7-11-18-12-10-15(2,13-16)17-14-8-9-14/h14,17H,3-12H2,1-2H3. The van der Waals surface area contributed by atoms with Crippen LogP contribution in [0.5, 0.6) is 0 Å². The molecule has 0 bridgehead atoms. The SMILES string of the molecule is CCCCCCCOCCC(C)(C#N)NC1CC1. The highest BCUT2D eigenvalue weighted by atomic mass is 16.5. The van der Waals surface area contributed by atoms with E-state index in [1.165, 1.54) is 38.5 Å². The molecule has 3 heteroatoms. The molecule has 1 atom stereocenters. The number of nitriles is 1. The fourth-order valence-electron chi connectivity index (χ4n) is 2.02. The van der Waals surface area contributed by atoms with Crippen LogP contribution in [0.25, 0.3) is 0 Å². The predicted molar refractivity (Wildman–Crippen MR) is 74.4 cm³/mol. The Hall–Kier alpha value is -0.590. The molecule has 1 unspecified atom stereocenters. The van der Waals surface area contributed by atoms with Gasteiger partial charge in [0.25, 0.3) is 0 Å². The summed E-state index contributed by atoms with van der Waals surface area (Å²) in [6, 6.07) is 2.95. The molecule has 18 heavy (non-hydrogen) atoms. The van der Waals surface area contributed by atoms with Gasteiger partial charge in [-0.3, -0.25) is 5.32 Å². The summed E-state index contributed by atoms with van der Waals surface area (Å²) in [5.41, 5.74) is -0.399. The largest absolute Gasteiger partial charge is 0.381 e. The Bertz CT molecular complexity index is 258. The topological polar surface area (TPSA) is 45.0 Å². The van der Waals surface area contributed by atoms with Crippen LogP contribution in [0.4, 0.5) is 0 Å². The van der Waals surface area contributed by atoms with Crippen molar-refractivity contribution in [3.8, 4) is 6.07 Å². The van der Waals surface area contributed by atoms with Gasteiger partial charge in [-0.15, -0.1) is 0 Å². The summed E-state index contributed by atoms with van der Waals surface area (Å²) >= 11 is 0. The third kappa shape index (κ3) is 6.98. The first kappa shape index (κ1) is 15.5. The van der Waals surface area contributed by atoms with Crippen LogP contribution in [0.2, 0.25) is 0 Å². The van der Waals surface area contributed by atoms with Crippen LogP contribution < -0.4 is 5.32 Å². The highest BCUT2D eigenvalue weighted by Crippen LogP contribution is 2.23. The quantitative estimate of drug-likeness (QED) is 0.573. The lowest BCUT2D eigenvalue weighted by Gasteiger charge is -2.23. The Balaban J connectivity index is 1.96. The molecule has 0 amide bonds. The third-order valence-electron chi connectivity index (χ3n) is 3.49. The number of ether oxygens (including phenoxy) is 1. The Morgan fingerprint density at radius 3 is 2.56 bits per heavy atom. The van der Waals surface area contributed by atoms with Crippen molar-refractivity contribution in [1.29, 1.82) is 5.26 Å². The summed E-state index contributed by atoms with van der Waals surface area (Å²) in [5.74, 6) is 0. The van der Waals surface area contributed by atoms with Gasteiger partial charge >= 0.3 is 0 Å². The van der Waals surface area contributed by atoms with E-state index in [0.29, 0.717) is 12.6 Å². The van der Waals surface area contributed by atoms with E-state index in [-0.39, 0.29) is 0 Å². The molecule has 1 rings (SSSR count). The number of hydrogen-bond acceptors (Lipinski definition) is 3. The first-order valence-corrected chi connectivity index (χ1v) is 7.47. The van der Waals surface area contributed by atoms with Crippen molar-refractivity contribution in [2.45, 2.75) is 76.8 Å². The van der Waals surface area contributed by atoms with Crippen molar-refractivity contribution in [2.75, 3.05) is 13.2 Å². The maximum Gasteiger partial charge on any atom is 0.106 e. The Kier molecular flexibility index (Phi) is 7.31. The second-order valence-corrected chi connectivity index (χ2v) is 5.64. The molecule has 1 aliphatic rings. The highest BCUT2D eigenvalue weighted by molar-refractivity contribution is 5.06. The van der Waals surface area contributed by atoms with Crippen molar-refractivity contribution in [3.05, 3.63) is 0 Å². The maximum absolute atomic E-state index is 9.19. The molecule has 1 saturated carbocycles. The van der Waals surface area contributed by atoms with E-state index in [0.717, 1.165) is 19.4 Å². The molecule has 0 spiro atoms. The van der Waals surface area contributed by atoms with Crippen LogP contribution >= 0.6 is 0 Å². The van der Waals surface area contributed by atoms with Crippen molar-refractivity contribution >= 4 is 0 Å². The number of hydrogen-bond donors (Lipinski definition) is 1. The minimum absolute atomic E-state index is 0.399. The van der Waals surface area contributed by atoms with Crippen molar-refractivity contribution in [3.63, 3.8) is 0 Å². The number of nitrogens with one attached hydrogen (secondary N) is 1. The molecule has 104 valence electrons. The van der Waals surface area contributed by atoms with Crippen LogP contribution in [-0.2, 0) is 4.74 Å². The van der Waals surface area contributed by atoms with E-state index in [1.54, 1.807) is 0 Å². The molecular formula is C15H28N2O. The Morgan fingerprint density at radius 2 is 1.94 bits per heavy atom. The van der Waals surface area contributed by atoms with Gasteiger partial charge in [-0.05, 0) is 26.2 Å². The van der Waals surface area contributed by atoms with E-state index in [2.05, 4.69) is 18.3 Å². The molecule has 1 fully saturated rings. The second kappa shape index (κ2) is 8.50. The monoisotopic (exact) mass is 252 g/mol. The molecule has 3 nitrogen and oxygen atoms in total. The summed E-state index contributed by atoms with van der Waals surface area (Å²) < 4.78 is 5.62. The maximum atomic E-state index is 9.19. The lowest BCUT2D eigenvalue weighted by molar-refractivity contribution is 0.114. The van der Waals surface area contributed by atoms with Crippen LogP contribution in [0, 0.1) is 11.3 Å².